The van der Waals surface area contributed by atoms with Crippen LogP contribution in [0.25, 0.3) is 5.69 Å². The van der Waals surface area contributed by atoms with E-state index in [1.807, 2.05) is 64.3 Å². The number of amides is 2. The number of hydrogen-bond donors (Lipinski definition) is 1. The molecule has 138 valence electrons. The fourth-order valence-electron chi connectivity index (χ4n) is 3.38. The van der Waals surface area contributed by atoms with Gasteiger partial charge in [0.05, 0.1) is 0 Å². The van der Waals surface area contributed by atoms with Crippen molar-refractivity contribution in [2.75, 3.05) is 31.5 Å². The van der Waals surface area contributed by atoms with E-state index in [1.165, 1.54) is 5.56 Å². The Morgan fingerprint density at radius 3 is 2.15 bits per heavy atom. The van der Waals surface area contributed by atoms with Gasteiger partial charge in [0.1, 0.15) is 0 Å². The number of aromatic nitrogens is 1. The van der Waals surface area contributed by atoms with Gasteiger partial charge in [-0.3, -0.25) is 4.90 Å². The van der Waals surface area contributed by atoms with Gasteiger partial charge in [0, 0.05) is 56.5 Å². The van der Waals surface area contributed by atoms with Crippen molar-refractivity contribution in [3.8, 4) is 5.69 Å². The Kier molecular flexibility index (Phi) is 5.21. The summed E-state index contributed by atoms with van der Waals surface area (Å²) in [6, 6.07) is 22.3. The summed E-state index contributed by atoms with van der Waals surface area (Å²) in [5, 5.41) is 3.01. The van der Waals surface area contributed by atoms with Crippen molar-refractivity contribution in [3.05, 3.63) is 84.7 Å². The normalized spacial score (nSPS) is 14.9. The summed E-state index contributed by atoms with van der Waals surface area (Å²) >= 11 is 0. The largest absolute Gasteiger partial charge is 0.324 e. The molecule has 2 heterocycles. The second kappa shape index (κ2) is 8.10. The molecule has 0 saturated carbocycles. The molecule has 1 saturated heterocycles. The van der Waals surface area contributed by atoms with Crippen LogP contribution < -0.4 is 5.32 Å². The van der Waals surface area contributed by atoms with Crippen molar-refractivity contribution in [1.82, 2.24) is 14.4 Å². The van der Waals surface area contributed by atoms with Crippen molar-refractivity contribution < 1.29 is 4.79 Å². The lowest BCUT2D eigenvalue weighted by atomic mass is 10.2. The zero-order chi connectivity index (χ0) is 18.5. The van der Waals surface area contributed by atoms with Crippen LogP contribution in [-0.4, -0.2) is 46.6 Å². The van der Waals surface area contributed by atoms with Gasteiger partial charge in [-0.25, -0.2) is 4.79 Å². The number of carbonyl (C=O) groups is 1. The maximum atomic E-state index is 12.5. The monoisotopic (exact) mass is 360 g/mol. The summed E-state index contributed by atoms with van der Waals surface area (Å²) in [5.41, 5.74) is 3.22. The molecule has 0 radical (unpaired) electrons. The predicted molar refractivity (Wildman–Crippen MR) is 108 cm³/mol. The van der Waals surface area contributed by atoms with Gasteiger partial charge >= 0.3 is 6.03 Å². The Morgan fingerprint density at radius 1 is 0.815 bits per heavy atom. The molecule has 1 aliphatic rings. The van der Waals surface area contributed by atoms with Gasteiger partial charge in [-0.1, -0.05) is 30.3 Å². The van der Waals surface area contributed by atoms with E-state index >= 15 is 0 Å². The van der Waals surface area contributed by atoms with Crippen molar-refractivity contribution in [2.24, 2.45) is 0 Å². The van der Waals surface area contributed by atoms with E-state index in [1.54, 1.807) is 0 Å². The number of hydrogen-bond acceptors (Lipinski definition) is 2. The third-order valence-corrected chi connectivity index (χ3v) is 4.93. The molecular weight excluding hydrogens is 336 g/mol. The van der Waals surface area contributed by atoms with Gasteiger partial charge < -0.3 is 14.8 Å². The number of carbonyl (C=O) groups excluding carboxylic acids is 1. The van der Waals surface area contributed by atoms with Gasteiger partial charge in [-0.2, -0.15) is 0 Å². The second-order valence-corrected chi connectivity index (χ2v) is 6.82. The lowest BCUT2D eigenvalue weighted by molar-refractivity contribution is 0.143. The van der Waals surface area contributed by atoms with Crippen LogP contribution in [0.15, 0.2) is 79.1 Å². The first-order chi connectivity index (χ1) is 13.3. The first-order valence-corrected chi connectivity index (χ1v) is 9.33. The molecular formula is C22H24N4O. The highest BCUT2D eigenvalue weighted by molar-refractivity contribution is 5.89. The van der Waals surface area contributed by atoms with E-state index in [0.717, 1.165) is 44.1 Å². The minimum atomic E-state index is -0.0249. The van der Waals surface area contributed by atoms with E-state index in [0.29, 0.717) is 0 Å². The standard InChI is InChI=1S/C22H24N4O/c27-22(23-20-8-10-21(11-9-20)25-12-4-5-13-25)26-16-14-24(15-17-26)18-19-6-2-1-3-7-19/h1-13H,14-18H2,(H,23,27). The van der Waals surface area contributed by atoms with E-state index < -0.39 is 0 Å². The maximum Gasteiger partial charge on any atom is 0.321 e. The summed E-state index contributed by atoms with van der Waals surface area (Å²) in [7, 11) is 0. The molecule has 2 aromatic carbocycles. The first-order valence-electron chi connectivity index (χ1n) is 9.33. The summed E-state index contributed by atoms with van der Waals surface area (Å²) in [6.07, 6.45) is 4.00. The number of benzene rings is 2. The van der Waals surface area contributed by atoms with Gasteiger partial charge in [0.15, 0.2) is 0 Å². The van der Waals surface area contributed by atoms with Crippen molar-refractivity contribution >= 4 is 11.7 Å². The van der Waals surface area contributed by atoms with Crippen LogP contribution in [0.4, 0.5) is 10.5 Å². The maximum absolute atomic E-state index is 12.5. The lowest BCUT2D eigenvalue weighted by Gasteiger charge is -2.34. The van der Waals surface area contributed by atoms with Crippen molar-refractivity contribution in [1.29, 1.82) is 0 Å². The molecule has 0 bridgehead atoms. The first kappa shape index (κ1) is 17.4. The third kappa shape index (κ3) is 4.38. The molecule has 5 heteroatoms. The van der Waals surface area contributed by atoms with Crippen molar-refractivity contribution in [2.45, 2.75) is 6.54 Å². The quantitative estimate of drug-likeness (QED) is 0.768. The number of nitrogens with one attached hydrogen (secondary N) is 1. The topological polar surface area (TPSA) is 40.5 Å². The fourth-order valence-corrected chi connectivity index (χ4v) is 3.38. The highest BCUT2D eigenvalue weighted by atomic mass is 16.2. The van der Waals surface area contributed by atoms with Crippen LogP contribution in [0.3, 0.4) is 0 Å². The van der Waals surface area contributed by atoms with Crippen LogP contribution in [0.2, 0.25) is 0 Å². The van der Waals surface area contributed by atoms with Crippen LogP contribution in [-0.2, 0) is 6.54 Å². The van der Waals surface area contributed by atoms with Crippen LogP contribution in [0.5, 0.6) is 0 Å². The Balaban J connectivity index is 1.28. The summed E-state index contributed by atoms with van der Waals surface area (Å²) in [4.78, 5) is 16.8. The molecule has 4 rings (SSSR count). The number of rotatable bonds is 4. The summed E-state index contributed by atoms with van der Waals surface area (Å²) in [6.45, 7) is 4.24. The Hall–Kier alpha value is -3.05. The van der Waals surface area contributed by atoms with Gasteiger partial charge in [-0.15, -0.1) is 0 Å². The zero-order valence-corrected chi connectivity index (χ0v) is 15.3. The van der Waals surface area contributed by atoms with Crippen LogP contribution in [0, 0.1) is 0 Å². The molecule has 1 aromatic heterocycles. The molecule has 1 fully saturated rings. The number of piperazine rings is 1. The molecule has 0 unspecified atom stereocenters. The van der Waals surface area contributed by atoms with E-state index in [4.69, 9.17) is 0 Å². The lowest BCUT2D eigenvalue weighted by Crippen LogP contribution is -2.49. The number of anilines is 1. The molecule has 2 amide bonds. The molecule has 0 aliphatic carbocycles. The Bertz CT molecular complexity index is 851. The molecule has 0 atom stereocenters. The summed E-state index contributed by atoms with van der Waals surface area (Å²) in [5.74, 6) is 0. The van der Waals surface area contributed by atoms with Crippen molar-refractivity contribution in [3.63, 3.8) is 0 Å². The minimum absolute atomic E-state index is 0.0249. The molecule has 0 spiro atoms. The SMILES string of the molecule is O=C(Nc1ccc(-n2cccc2)cc1)N1CCN(Cc2ccccc2)CC1. The molecule has 3 aromatic rings. The van der Waals surface area contributed by atoms with Gasteiger partial charge in [-0.05, 0) is 42.0 Å². The minimum Gasteiger partial charge on any atom is -0.324 e. The van der Waals surface area contributed by atoms with Gasteiger partial charge in [0.25, 0.3) is 0 Å². The highest BCUT2D eigenvalue weighted by Crippen LogP contribution is 2.15. The molecule has 1 aliphatic heterocycles. The zero-order valence-electron chi connectivity index (χ0n) is 15.3. The van der Waals surface area contributed by atoms with Crippen LogP contribution in [0.1, 0.15) is 5.56 Å². The second-order valence-electron chi connectivity index (χ2n) is 6.82. The molecule has 5 nitrogen and oxygen atoms in total. The third-order valence-electron chi connectivity index (χ3n) is 4.93. The smallest absolute Gasteiger partial charge is 0.321 e. The Labute approximate surface area is 159 Å². The number of urea groups is 1. The van der Waals surface area contributed by atoms with E-state index in [9.17, 15) is 4.79 Å². The summed E-state index contributed by atoms with van der Waals surface area (Å²) < 4.78 is 2.04. The number of nitrogens with zero attached hydrogens (tertiary/aromatic N) is 3. The van der Waals surface area contributed by atoms with E-state index in [2.05, 4.69) is 34.5 Å². The fraction of sp³-hybridized carbons (Fsp3) is 0.227. The average Bonchev–Trinajstić information content (AvgIpc) is 3.25. The predicted octanol–water partition coefficient (Wildman–Crippen LogP) is 3.83. The molecule has 27 heavy (non-hydrogen) atoms. The Morgan fingerprint density at radius 2 is 1.48 bits per heavy atom. The average molecular weight is 360 g/mol. The highest BCUT2D eigenvalue weighted by Gasteiger charge is 2.21. The molecule has 1 N–H and O–H groups in total. The van der Waals surface area contributed by atoms with Crippen LogP contribution >= 0.6 is 0 Å². The van der Waals surface area contributed by atoms with E-state index in [-0.39, 0.29) is 6.03 Å². The van der Waals surface area contributed by atoms with Gasteiger partial charge in [0.2, 0.25) is 0 Å².